The summed E-state index contributed by atoms with van der Waals surface area (Å²) in [4.78, 5) is 0.273. The lowest BCUT2D eigenvalue weighted by atomic mass is 9.96. The minimum atomic E-state index is -3.50. The van der Waals surface area contributed by atoms with Crippen LogP contribution in [-0.2, 0) is 10.0 Å². The Morgan fingerprint density at radius 3 is 2.67 bits per heavy atom. The van der Waals surface area contributed by atoms with Crippen molar-refractivity contribution >= 4 is 22.4 Å². The molecule has 1 unspecified atom stereocenters. The fourth-order valence-electron chi connectivity index (χ4n) is 3.17. The zero-order valence-electron chi connectivity index (χ0n) is 13.6. The first-order valence-electron chi connectivity index (χ1n) is 8.21. The molecule has 1 fully saturated rings. The summed E-state index contributed by atoms with van der Waals surface area (Å²) in [6, 6.07) is 4.88. The van der Waals surface area contributed by atoms with Crippen molar-refractivity contribution in [2.24, 2.45) is 11.7 Å². The number of ether oxygens (including phenoxy) is 2. The van der Waals surface area contributed by atoms with Crippen molar-refractivity contribution in [3.05, 3.63) is 18.2 Å². The maximum atomic E-state index is 12.9. The summed E-state index contributed by atoms with van der Waals surface area (Å²) < 4.78 is 38.6. The van der Waals surface area contributed by atoms with Crippen molar-refractivity contribution in [1.82, 2.24) is 4.31 Å². The molecule has 24 heavy (non-hydrogen) atoms. The molecule has 8 heteroatoms. The van der Waals surface area contributed by atoms with Crippen LogP contribution in [0.2, 0.25) is 0 Å². The van der Waals surface area contributed by atoms with Gasteiger partial charge in [0, 0.05) is 25.6 Å². The Hall–Kier alpha value is -1.02. The van der Waals surface area contributed by atoms with Gasteiger partial charge < -0.3 is 15.2 Å². The average molecular weight is 377 g/mol. The summed E-state index contributed by atoms with van der Waals surface area (Å²) in [5.41, 5.74) is 5.62. The fourth-order valence-corrected chi connectivity index (χ4v) is 4.74. The molecule has 2 aliphatic heterocycles. The van der Waals surface area contributed by atoms with Crippen LogP contribution in [0.3, 0.4) is 0 Å². The van der Waals surface area contributed by atoms with Crippen LogP contribution < -0.4 is 15.2 Å². The highest BCUT2D eigenvalue weighted by atomic mass is 35.5. The summed E-state index contributed by atoms with van der Waals surface area (Å²) in [5.74, 6) is 1.48. The van der Waals surface area contributed by atoms with E-state index in [0.717, 1.165) is 25.7 Å². The van der Waals surface area contributed by atoms with E-state index >= 15 is 0 Å². The van der Waals surface area contributed by atoms with Gasteiger partial charge in [-0.1, -0.05) is 0 Å². The van der Waals surface area contributed by atoms with Gasteiger partial charge in [0.15, 0.2) is 11.5 Å². The minimum Gasteiger partial charge on any atom is -0.490 e. The first-order chi connectivity index (χ1) is 11.1. The highest BCUT2D eigenvalue weighted by Crippen LogP contribution is 2.34. The van der Waals surface area contributed by atoms with Gasteiger partial charge in [-0.25, -0.2) is 8.42 Å². The van der Waals surface area contributed by atoms with Crippen molar-refractivity contribution in [1.29, 1.82) is 0 Å². The number of benzene rings is 1. The minimum absolute atomic E-state index is 0. The number of hydrogen-bond donors (Lipinski definition) is 1. The monoisotopic (exact) mass is 376 g/mol. The van der Waals surface area contributed by atoms with Gasteiger partial charge in [0.05, 0.1) is 18.1 Å². The largest absolute Gasteiger partial charge is 0.490 e. The highest BCUT2D eigenvalue weighted by Gasteiger charge is 2.30. The quantitative estimate of drug-likeness (QED) is 0.869. The maximum Gasteiger partial charge on any atom is 0.243 e. The molecule has 2 aliphatic rings. The van der Waals surface area contributed by atoms with Crippen molar-refractivity contribution in [2.45, 2.75) is 30.6 Å². The fraction of sp³-hybridized carbons (Fsp3) is 0.625. The summed E-state index contributed by atoms with van der Waals surface area (Å²) in [6.45, 7) is 2.85. The number of rotatable bonds is 4. The van der Waals surface area contributed by atoms with Gasteiger partial charge in [0.1, 0.15) is 0 Å². The maximum absolute atomic E-state index is 12.9. The van der Waals surface area contributed by atoms with Crippen LogP contribution in [0.5, 0.6) is 11.5 Å². The Labute approximate surface area is 149 Å². The van der Waals surface area contributed by atoms with Gasteiger partial charge >= 0.3 is 0 Å². The number of nitrogens with two attached hydrogens (primary N) is 1. The van der Waals surface area contributed by atoms with Gasteiger partial charge in [-0.3, -0.25) is 0 Å². The zero-order chi connectivity index (χ0) is 16.3. The van der Waals surface area contributed by atoms with Gasteiger partial charge in [0.25, 0.3) is 0 Å². The Morgan fingerprint density at radius 2 is 1.92 bits per heavy atom. The van der Waals surface area contributed by atoms with Gasteiger partial charge in [-0.15, -0.1) is 12.4 Å². The average Bonchev–Trinajstić information content (AvgIpc) is 2.80. The van der Waals surface area contributed by atoms with E-state index in [9.17, 15) is 8.42 Å². The lowest BCUT2D eigenvalue weighted by Gasteiger charge is -2.31. The zero-order valence-corrected chi connectivity index (χ0v) is 15.3. The van der Waals surface area contributed by atoms with E-state index in [1.807, 2.05) is 0 Å². The van der Waals surface area contributed by atoms with Crippen molar-refractivity contribution in [3.63, 3.8) is 0 Å². The number of halogens is 1. The Bertz CT molecular complexity index is 651. The topological polar surface area (TPSA) is 81.9 Å². The molecule has 0 amide bonds. The SMILES string of the molecule is Cl.NCCC1CCCN(S(=O)(=O)c2ccc3c(c2)OCCCO3)C1. The van der Waals surface area contributed by atoms with Crippen molar-refractivity contribution in [2.75, 3.05) is 32.8 Å². The molecule has 2 N–H and O–H groups in total. The first kappa shape index (κ1) is 19.3. The molecule has 1 atom stereocenters. The van der Waals surface area contributed by atoms with Crippen LogP contribution in [0.15, 0.2) is 23.1 Å². The Kier molecular flexibility index (Phi) is 6.74. The van der Waals surface area contributed by atoms with Crippen LogP contribution in [0.4, 0.5) is 0 Å². The normalized spacial score (nSPS) is 21.6. The third-order valence-electron chi connectivity index (χ3n) is 4.41. The van der Waals surface area contributed by atoms with Crippen molar-refractivity contribution in [3.8, 4) is 11.5 Å². The summed E-state index contributed by atoms with van der Waals surface area (Å²) >= 11 is 0. The standard InChI is InChI=1S/C16H24N2O4S.ClH/c17-7-6-13-3-1-8-18(12-13)23(19,20)14-4-5-15-16(11-14)22-10-2-9-21-15;/h4-5,11,13H,1-3,6-10,12,17H2;1H. The molecule has 1 aromatic rings. The molecule has 2 heterocycles. The number of sulfonamides is 1. The summed E-state index contributed by atoms with van der Waals surface area (Å²) in [5, 5.41) is 0. The summed E-state index contributed by atoms with van der Waals surface area (Å²) in [6.07, 6.45) is 3.59. The molecule has 6 nitrogen and oxygen atoms in total. The first-order valence-corrected chi connectivity index (χ1v) is 9.65. The lowest BCUT2D eigenvalue weighted by Crippen LogP contribution is -2.40. The molecule has 0 radical (unpaired) electrons. The van der Waals surface area contributed by atoms with Crippen LogP contribution in [-0.4, -0.2) is 45.6 Å². The molecular formula is C16H25ClN2O4S. The number of piperidine rings is 1. The second-order valence-electron chi connectivity index (χ2n) is 6.11. The molecular weight excluding hydrogens is 352 g/mol. The molecule has 0 saturated carbocycles. The number of nitrogens with zero attached hydrogens (tertiary/aromatic N) is 1. The third kappa shape index (κ3) is 4.14. The smallest absolute Gasteiger partial charge is 0.243 e. The Morgan fingerprint density at radius 1 is 1.17 bits per heavy atom. The molecule has 1 aromatic carbocycles. The summed E-state index contributed by atoms with van der Waals surface area (Å²) in [7, 11) is -3.50. The predicted octanol–water partition coefficient (Wildman–Crippen LogP) is 2.02. The van der Waals surface area contributed by atoms with Crippen LogP contribution in [0.1, 0.15) is 25.7 Å². The molecule has 0 aliphatic carbocycles. The second-order valence-corrected chi connectivity index (χ2v) is 8.05. The van der Waals surface area contributed by atoms with Crippen LogP contribution in [0.25, 0.3) is 0 Å². The van der Waals surface area contributed by atoms with E-state index in [1.165, 1.54) is 0 Å². The van der Waals surface area contributed by atoms with Gasteiger partial charge in [-0.2, -0.15) is 4.31 Å². The van der Waals surface area contributed by atoms with E-state index in [4.69, 9.17) is 15.2 Å². The van der Waals surface area contributed by atoms with E-state index in [-0.39, 0.29) is 17.3 Å². The van der Waals surface area contributed by atoms with Crippen molar-refractivity contribution < 1.29 is 17.9 Å². The molecule has 136 valence electrons. The number of fused-ring (bicyclic) bond motifs is 1. The lowest BCUT2D eigenvalue weighted by molar-refractivity contribution is 0.258. The van der Waals surface area contributed by atoms with E-state index in [1.54, 1.807) is 22.5 Å². The van der Waals surface area contributed by atoms with Crippen LogP contribution >= 0.6 is 12.4 Å². The number of hydrogen-bond acceptors (Lipinski definition) is 5. The van der Waals surface area contributed by atoms with Gasteiger partial charge in [-0.05, 0) is 43.9 Å². The predicted molar refractivity (Wildman–Crippen MR) is 94.5 cm³/mol. The van der Waals surface area contributed by atoms with Crippen LogP contribution in [0, 0.1) is 5.92 Å². The van der Waals surface area contributed by atoms with E-state index in [2.05, 4.69) is 0 Å². The molecule has 0 spiro atoms. The second kappa shape index (κ2) is 8.38. The third-order valence-corrected chi connectivity index (χ3v) is 6.27. The Balaban J connectivity index is 0.00000208. The van der Waals surface area contributed by atoms with E-state index < -0.39 is 10.0 Å². The molecule has 1 saturated heterocycles. The van der Waals surface area contributed by atoms with Gasteiger partial charge in [0.2, 0.25) is 10.0 Å². The molecule has 0 bridgehead atoms. The van der Waals surface area contributed by atoms with E-state index in [0.29, 0.717) is 50.3 Å². The molecule has 0 aromatic heterocycles. The molecule has 3 rings (SSSR count). The highest BCUT2D eigenvalue weighted by molar-refractivity contribution is 7.89.